The Morgan fingerprint density at radius 1 is 1.29 bits per heavy atom. The molecule has 0 aliphatic carbocycles. The molecule has 5 nitrogen and oxygen atoms in total. The minimum Gasteiger partial charge on any atom is -0.258 e. The molecule has 14 heavy (non-hydrogen) atoms. The van der Waals surface area contributed by atoms with Crippen molar-refractivity contribution in [1.82, 2.24) is 0 Å². The molecular weight excluding hydrogens is 297 g/mol. The molecule has 0 saturated heterocycles. The van der Waals surface area contributed by atoms with Crippen molar-refractivity contribution in [2.75, 3.05) is 0 Å². The van der Waals surface area contributed by atoms with Gasteiger partial charge in [0.1, 0.15) is 12.1 Å². The van der Waals surface area contributed by atoms with E-state index in [1.165, 1.54) is 0 Å². The van der Waals surface area contributed by atoms with Crippen LogP contribution in [-0.2, 0) is 0 Å². The van der Waals surface area contributed by atoms with Gasteiger partial charge in [0.05, 0.1) is 16.1 Å². The second-order valence-corrected chi connectivity index (χ2v) is 3.41. The maximum absolute atomic E-state index is 10.4. The Bertz CT molecular complexity index is 449. The molecule has 0 N–H and O–H groups in total. The average molecular weight is 299 g/mol. The summed E-state index contributed by atoms with van der Waals surface area (Å²) in [7, 11) is 0. The monoisotopic (exact) mass is 299 g/mol. The van der Waals surface area contributed by atoms with Gasteiger partial charge in [-0.2, -0.15) is 10.5 Å². The molecule has 1 rings (SSSR count). The lowest BCUT2D eigenvalue weighted by molar-refractivity contribution is -0.384. The fourth-order valence-electron chi connectivity index (χ4n) is 0.877. The van der Waals surface area contributed by atoms with E-state index in [1.807, 2.05) is 22.6 Å². The first-order valence-corrected chi connectivity index (χ1v) is 4.46. The van der Waals surface area contributed by atoms with Gasteiger partial charge in [-0.25, -0.2) is 0 Å². The standard InChI is InChI=1S/C8H2IN3O2/c9-8-5(3-10)1-7(12(13)14)2-6(8)4-11/h1-2H. The second-order valence-electron chi connectivity index (χ2n) is 2.34. The van der Waals surface area contributed by atoms with Crippen LogP contribution < -0.4 is 0 Å². The average Bonchev–Trinajstić information content (AvgIpc) is 2.17. The molecule has 0 radical (unpaired) electrons. The fraction of sp³-hybridized carbons (Fsp3) is 0. The fourth-order valence-corrected chi connectivity index (χ4v) is 1.43. The second kappa shape index (κ2) is 4.03. The van der Waals surface area contributed by atoms with Crippen molar-refractivity contribution in [3.63, 3.8) is 0 Å². The Labute approximate surface area is 92.9 Å². The minimum absolute atomic E-state index is 0.149. The third-order valence-corrected chi connectivity index (χ3v) is 2.67. The van der Waals surface area contributed by atoms with E-state index in [0.29, 0.717) is 3.57 Å². The van der Waals surface area contributed by atoms with E-state index in [2.05, 4.69) is 0 Å². The van der Waals surface area contributed by atoms with Crippen LogP contribution in [0.5, 0.6) is 0 Å². The number of nitro groups is 1. The first-order chi connectivity index (χ1) is 6.60. The third kappa shape index (κ3) is 1.80. The number of rotatable bonds is 1. The minimum atomic E-state index is -0.627. The SMILES string of the molecule is N#Cc1cc([N+](=O)[O-])cc(C#N)c1I. The maximum atomic E-state index is 10.4. The normalized spacial score (nSPS) is 8.79. The predicted octanol–water partition coefficient (Wildman–Crippen LogP) is 1.94. The molecule has 0 fully saturated rings. The van der Waals surface area contributed by atoms with Crippen LogP contribution in [0, 0.1) is 36.3 Å². The lowest BCUT2D eigenvalue weighted by atomic mass is 10.1. The van der Waals surface area contributed by atoms with Crippen LogP contribution in [0.3, 0.4) is 0 Å². The molecular formula is C8H2IN3O2. The van der Waals surface area contributed by atoms with Crippen LogP contribution in [0.4, 0.5) is 5.69 Å². The summed E-state index contributed by atoms with van der Waals surface area (Å²) in [6.07, 6.45) is 0. The molecule has 0 atom stereocenters. The van der Waals surface area contributed by atoms with Crippen molar-refractivity contribution in [2.45, 2.75) is 0 Å². The van der Waals surface area contributed by atoms with Gasteiger partial charge in [0.15, 0.2) is 0 Å². The van der Waals surface area contributed by atoms with Crippen molar-refractivity contribution in [3.8, 4) is 12.1 Å². The molecule has 1 aromatic rings. The van der Waals surface area contributed by atoms with Gasteiger partial charge in [0, 0.05) is 15.7 Å². The van der Waals surface area contributed by atoms with Gasteiger partial charge < -0.3 is 0 Å². The van der Waals surface area contributed by atoms with Crippen molar-refractivity contribution >= 4 is 28.3 Å². The predicted molar refractivity (Wildman–Crippen MR) is 55.2 cm³/mol. The molecule has 68 valence electrons. The van der Waals surface area contributed by atoms with Crippen LogP contribution in [0.15, 0.2) is 12.1 Å². The maximum Gasteiger partial charge on any atom is 0.272 e. The highest BCUT2D eigenvalue weighted by atomic mass is 127. The van der Waals surface area contributed by atoms with E-state index in [4.69, 9.17) is 10.5 Å². The number of nitrogens with zero attached hydrogens (tertiary/aromatic N) is 3. The van der Waals surface area contributed by atoms with Gasteiger partial charge in [-0.15, -0.1) is 0 Å². The molecule has 0 spiro atoms. The summed E-state index contributed by atoms with van der Waals surface area (Å²) < 4.78 is 0.443. The van der Waals surface area contributed by atoms with E-state index in [9.17, 15) is 10.1 Å². The Morgan fingerprint density at radius 2 is 1.71 bits per heavy atom. The Morgan fingerprint density at radius 3 is 2.00 bits per heavy atom. The lowest BCUT2D eigenvalue weighted by Crippen LogP contribution is -1.94. The molecule has 1 aromatic carbocycles. The molecule has 0 aliphatic rings. The van der Waals surface area contributed by atoms with Gasteiger partial charge in [0.25, 0.3) is 5.69 Å². The Kier molecular flexibility index (Phi) is 2.99. The zero-order chi connectivity index (χ0) is 10.7. The summed E-state index contributed by atoms with van der Waals surface area (Å²) in [5.41, 5.74) is 0.0613. The van der Waals surface area contributed by atoms with Crippen molar-refractivity contribution in [3.05, 3.63) is 36.9 Å². The highest BCUT2D eigenvalue weighted by Gasteiger charge is 2.14. The van der Waals surface area contributed by atoms with Gasteiger partial charge in [-0.3, -0.25) is 10.1 Å². The van der Waals surface area contributed by atoms with E-state index in [-0.39, 0.29) is 16.8 Å². The van der Waals surface area contributed by atoms with Crippen molar-refractivity contribution in [2.24, 2.45) is 0 Å². The number of nitro benzene ring substituents is 1. The number of hydrogen-bond acceptors (Lipinski definition) is 4. The summed E-state index contributed by atoms with van der Waals surface area (Å²) in [4.78, 5) is 9.81. The van der Waals surface area contributed by atoms with Crippen LogP contribution >= 0.6 is 22.6 Å². The number of nitriles is 2. The van der Waals surface area contributed by atoms with Crippen LogP contribution in [0.25, 0.3) is 0 Å². The molecule has 0 saturated carbocycles. The van der Waals surface area contributed by atoms with E-state index in [0.717, 1.165) is 12.1 Å². The van der Waals surface area contributed by atoms with E-state index < -0.39 is 4.92 Å². The Balaban J connectivity index is 3.51. The number of hydrogen-bond donors (Lipinski definition) is 0. The van der Waals surface area contributed by atoms with E-state index in [1.54, 1.807) is 12.1 Å². The molecule has 0 bridgehead atoms. The summed E-state index contributed by atoms with van der Waals surface area (Å²) in [5.74, 6) is 0. The number of non-ortho nitro benzene ring substituents is 1. The lowest BCUT2D eigenvalue weighted by Gasteiger charge is -1.97. The van der Waals surface area contributed by atoms with Crippen LogP contribution in [-0.4, -0.2) is 4.92 Å². The topological polar surface area (TPSA) is 90.7 Å². The van der Waals surface area contributed by atoms with E-state index >= 15 is 0 Å². The number of benzene rings is 1. The number of halogens is 1. The van der Waals surface area contributed by atoms with Crippen LogP contribution in [0.2, 0.25) is 0 Å². The molecule has 0 aliphatic heterocycles. The van der Waals surface area contributed by atoms with Crippen molar-refractivity contribution < 1.29 is 4.92 Å². The Hall–Kier alpha value is -1.67. The van der Waals surface area contributed by atoms with Crippen molar-refractivity contribution in [1.29, 1.82) is 10.5 Å². The largest absolute Gasteiger partial charge is 0.272 e. The van der Waals surface area contributed by atoms with Gasteiger partial charge in [-0.1, -0.05) is 0 Å². The summed E-state index contributed by atoms with van der Waals surface area (Å²) in [6, 6.07) is 5.92. The molecule has 0 unspecified atom stereocenters. The quantitative estimate of drug-likeness (QED) is 0.450. The molecule has 0 heterocycles. The van der Waals surface area contributed by atoms with Gasteiger partial charge >= 0.3 is 0 Å². The zero-order valence-corrected chi connectivity index (χ0v) is 8.85. The first kappa shape index (κ1) is 10.4. The highest BCUT2D eigenvalue weighted by Crippen LogP contribution is 2.23. The molecule has 0 aromatic heterocycles. The summed E-state index contributed by atoms with van der Waals surface area (Å²) >= 11 is 1.81. The van der Waals surface area contributed by atoms with Gasteiger partial charge in [-0.05, 0) is 22.6 Å². The third-order valence-electron chi connectivity index (χ3n) is 1.51. The van der Waals surface area contributed by atoms with Gasteiger partial charge in [0.2, 0.25) is 0 Å². The molecule has 0 amide bonds. The molecule has 6 heteroatoms. The smallest absolute Gasteiger partial charge is 0.258 e. The van der Waals surface area contributed by atoms with Crippen LogP contribution in [0.1, 0.15) is 11.1 Å². The summed E-state index contributed by atoms with van der Waals surface area (Å²) in [6.45, 7) is 0. The highest BCUT2D eigenvalue weighted by molar-refractivity contribution is 14.1. The summed E-state index contributed by atoms with van der Waals surface area (Å²) in [5, 5.41) is 27.7. The first-order valence-electron chi connectivity index (χ1n) is 3.38. The zero-order valence-electron chi connectivity index (χ0n) is 6.69.